The van der Waals surface area contributed by atoms with Crippen molar-refractivity contribution >= 4 is 11.9 Å². The number of aliphatic carboxylic acids is 1. The lowest BCUT2D eigenvalue weighted by Crippen LogP contribution is -2.40. The van der Waals surface area contributed by atoms with Crippen molar-refractivity contribution < 1.29 is 14.7 Å². The second kappa shape index (κ2) is 8.95. The molecule has 1 saturated heterocycles. The van der Waals surface area contributed by atoms with Crippen molar-refractivity contribution in [2.45, 2.75) is 46.0 Å². The molecule has 5 heteroatoms. The standard InChI is InChI=1S/C15H28N2O3/c1-3-8-17(9-4-2)14(18)12-16-10-7-13(11-16)5-6-15(19)20/h13H,3-12H2,1-2H3,(H,19,20). The molecule has 116 valence electrons. The molecule has 0 aromatic heterocycles. The van der Waals surface area contributed by atoms with Crippen molar-refractivity contribution in [1.82, 2.24) is 9.80 Å². The van der Waals surface area contributed by atoms with E-state index in [1.165, 1.54) is 0 Å². The van der Waals surface area contributed by atoms with Gasteiger partial charge >= 0.3 is 5.97 Å². The highest BCUT2D eigenvalue weighted by Gasteiger charge is 2.25. The number of rotatable bonds is 9. The molecule has 5 nitrogen and oxygen atoms in total. The predicted octanol–water partition coefficient (Wildman–Crippen LogP) is 1.82. The van der Waals surface area contributed by atoms with Crippen LogP contribution in [-0.4, -0.2) is 59.5 Å². The van der Waals surface area contributed by atoms with Crippen LogP contribution >= 0.6 is 0 Å². The van der Waals surface area contributed by atoms with Crippen LogP contribution in [-0.2, 0) is 9.59 Å². The summed E-state index contributed by atoms with van der Waals surface area (Å²) in [5, 5.41) is 8.70. The Morgan fingerprint density at radius 2 is 1.90 bits per heavy atom. The van der Waals surface area contributed by atoms with Gasteiger partial charge in [-0.15, -0.1) is 0 Å². The maximum absolute atomic E-state index is 12.2. The van der Waals surface area contributed by atoms with Gasteiger partial charge in [0.2, 0.25) is 5.91 Å². The summed E-state index contributed by atoms with van der Waals surface area (Å²) in [4.78, 5) is 26.9. The summed E-state index contributed by atoms with van der Waals surface area (Å²) < 4.78 is 0. The van der Waals surface area contributed by atoms with Gasteiger partial charge in [-0.25, -0.2) is 0 Å². The number of carboxylic acid groups (broad SMARTS) is 1. The third kappa shape index (κ3) is 5.90. The number of nitrogens with zero attached hydrogens (tertiary/aromatic N) is 2. The molecule has 0 saturated carbocycles. The zero-order chi connectivity index (χ0) is 15.0. The minimum absolute atomic E-state index is 0.215. The number of carbonyl (C=O) groups is 2. The van der Waals surface area contributed by atoms with Gasteiger partial charge in [0.25, 0.3) is 0 Å². The van der Waals surface area contributed by atoms with Gasteiger partial charge < -0.3 is 10.0 Å². The van der Waals surface area contributed by atoms with Crippen LogP contribution in [0.5, 0.6) is 0 Å². The van der Waals surface area contributed by atoms with E-state index in [2.05, 4.69) is 18.7 Å². The van der Waals surface area contributed by atoms with Crippen molar-refractivity contribution in [2.24, 2.45) is 5.92 Å². The smallest absolute Gasteiger partial charge is 0.303 e. The largest absolute Gasteiger partial charge is 0.481 e. The molecule has 1 aliphatic heterocycles. The van der Waals surface area contributed by atoms with Crippen LogP contribution in [0.3, 0.4) is 0 Å². The lowest BCUT2D eigenvalue weighted by molar-refractivity contribution is -0.137. The first-order valence-electron chi connectivity index (χ1n) is 7.78. The molecule has 20 heavy (non-hydrogen) atoms. The summed E-state index contributed by atoms with van der Waals surface area (Å²) in [6.07, 6.45) is 3.97. The van der Waals surface area contributed by atoms with Gasteiger partial charge in [-0.3, -0.25) is 14.5 Å². The molecule has 1 atom stereocenters. The van der Waals surface area contributed by atoms with E-state index in [1.54, 1.807) is 0 Å². The summed E-state index contributed by atoms with van der Waals surface area (Å²) in [5.41, 5.74) is 0. The van der Waals surface area contributed by atoms with Crippen LogP contribution in [0.15, 0.2) is 0 Å². The monoisotopic (exact) mass is 284 g/mol. The van der Waals surface area contributed by atoms with E-state index in [-0.39, 0.29) is 12.3 Å². The van der Waals surface area contributed by atoms with Crippen LogP contribution < -0.4 is 0 Å². The van der Waals surface area contributed by atoms with E-state index in [1.807, 2.05) is 4.90 Å². The molecule has 1 unspecified atom stereocenters. The molecule has 1 aliphatic rings. The van der Waals surface area contributed by atoms with Crippen molar-refractivity contribution in [1.29, 1.82) is 0 Å². The van der Waals surface area contributed by atoms with E-state index in [9.17, 15) is 9.59 Å². The molecule has 0 bridgehead atoms. The second-order valence-corrected chi connectivity index (χ2v) is 5.70. The molecule has 0 spiro atoms. The summed E-state index contributed by atoms with van der Waals surface area (Å²) in [5.74, 6) is -0.0751. The number of carboxylic acids is 1. The van der Waals surface area contributed by atoms with Gasteiger partial charge in [-0.2, -0.15) is 0 Å². The fraction of sp³-hybridized carbons (Fsp3) is 0.867. The van der Waals surface area contributed by atoms with E-state index in [0.29, 0.717) is 12.5 Å². The molecule has 0 aromatic rings. The number of hydrogen-bond acceptors (Lipinski definition) is 3. The number of hydrogen-bond donors (Lipinski definition) is 1. The highest BCUT2D eigenvalue weighted by atomic mass is 16.4. The Hall–Kier alpha value is -1.10. The highest BCUT2D eigenvalue weighted by Crippen LogP contribution is 2.20. The summed E-state index contributed by atoms with van der Waals surface area (Å²) in [6.45, 7) is 8.13. The van der Waals surface area contributed by atoms with Gasteiger partial charge in [0.1, 0.15) is 0 Å². The fourth-order valence-electron chi connectivity index (χ4n) is 2.81. The van der Waals surface area contributed by atoms with Crippen molar-refractivity contribution in [3.63, 3.8) is 0 Å². The molecule has 0 radical (unpaired) electrons. The zero-order valence-corrected chi connectivity index (χ0v) is 12.8. The van der Waals surface area contributed by atoms with Gasteiger partial charge in [0, 0.05) is 26.1 Å². The Balaban J connectivity index is 2.33. The molecule has 1 fully saturated rings. The molecule has 0 aliphatic carbocycles. The first kappa shape index (κ1) is 17.0. The minimum atomic E-state index is -0.725. The molecule has 1 rings (SSSR count). The molecule has 0 aromatic carbocycles. The number of carbonyl (C=O) groups excluding carboxylic acids is 1. The highest BCUT2D eigenvalue weighted by molar-refractivity contribution is 5.78. The first-order valence-corrected chi connectivity index (χ1v) is 7.78. The SMILES string of the molecule is CCCN(CCC)C(=O)CN1CCC(CCC(=O)O)C1. The van der Waals surface area contributed by atoms with Crippen LogP contribution in [0.4, 0.5) is 0 Å². The summed E-state index contributed by atoms with van der Waals surface area (Å²) in [7, 11) is 0. The van der Waals surface area contributed by atoms with Crippen molar-refractivity contribution in [2.75, 3.05) is 32.7 Å². The van der Waals surface area contributed by atoms with Gasteiger partial charge in [-0.1, -0.05) is 13.8 Å². The molecule has 1 amide bonds. The third-order valence-electron chi connectivity index (χ3n) is 3.84. The number of amides is 1. The van der Waals surface area contributed by atoms with Crippen molar-refractivity contribution in [3.05, 3.63) is 0 Å². The first-order chi connectivity index (χ1) is 9.56. The normalized spacial score (nSPS) is 19.2. The lowest BCUT2D eigenvalue weighted by Gasteiger charge is -2.24. The van der Waals surface area contributed by atoms with Crippen LogP contribution in [0.25, 0.3) is 0 Å². The average molecular weight is 284 g/mol. The Morgan fingerprint density at radius 3 is 2.45 bits per heavy atom. The van der Waals surface area contributed by atoms with Crippen LogP contribution in [0.1, 0.15) is 46.0 Å². The fourth-order valence-corrected chi connectivity index (χ4v) is 2.81. The molecular formula is C15H28N2O3. The Bertz CT molecular complexity index is 314. The van der Waals surface area contributed by atoms with Gasteiger partial charge in [-0.05, 0) is 38.1 Å². The Kier molecular flexibility index (Phi) is 7.59. The Morgan fingerprint density at radius 1 is 1.25 bits per heavy atom. The molecule has 1 heterocycles. The zero-order valence-electron chi connectivity index (χ0n) is 12.8. The quantitative estimate of drug-likeness (QED) is 0.701. The third-order valence-corrected chi connectivity index (χ3v) is 3.84. The maximum atomic E-state index is 12.2. The maximum Gasteiger partial charge on any atom is 0.303 e. The molecular weight excluding hydrogens is 256 g/mol. The van der Waals surface area contributed by atoms with Crippen LogP contribution in [0.2, 0.25) is 0 Å². The topological polar surface area (TPSA) is 60.9 Å². The Labute approximate surface area is 121 Å². The predicted molar refractivity (Wildman–Crippen MR) is 78.6 cm³/mol. The second-order valence-electron chi connectivity index (χ2n) is 5.70. The lowest BCUT2D eigenvalue weighted by atomic mass is 10.0. The summed E-state index contributed by atoms with van der Waals surface area (Å²) in [6, 6.07) is 0. The summed E-state index contributed by atoms with van der Waals surface area (Å²) >= 11 is 0. The molecule has 1 N–H and O–H groups in total. The van der Waals surface area contributed by atoms with E-state index >= 15 is 0 Å². The van der Waals surface area contributed by atoms with E-state index in [0.717, 1.165) is 51.9 Å². The van der Waals surface area contributed by atoms with Gasteiger partial charge in [0.15, 0.2) is 0 Å². The average Bonchev–Trinajstić information content (AvgIpc) is 2.83. The number of likely N-dealkylation sites (tertiary alicyclic amines) is 1. The van der Waals surface area contributed by atoms with E-state index < -0.39 is 5.97 Å². The van der Waals surface area contributed by atoms with Crippen LogP contribution in [0, 0.1) is 5.92 Å². The van der Waals surface area contributed by atoms with Crippen molar-refractivity contribution in [3.8, 4) is 0 Å². The van der Waals surface area contributed by atoms with E-state index in [4.69, 9.17) is 5.11 Å². The minimum Gasteiger partial charge on any atom is -0.481 e. The van der Waals surface area contributed by atoms with Gasteiger partial charge in [0.05, 0.1) is 6.54 Å².